The molecule has 2 aromatic carbocycles. The van der Waals surface area contributed by atoms with Crippen LogP contribution in [0.4, 0.5) is 5.69 Å². The highest BCUT2D eigenvalue weighted by atomic mass is 32.1. The maximum atomic E-state index is 12.7. The Labute approximate surface area is 182 Å². The lowest BCUT2D eigenvalue weighted by molar-refractivity contribution is 0.327. The standard InChI is InChI=1S/C23H28N4O2S/c1-4-29-20-10-11-21-17(15-20)14-18(22(28)25-21)16-27(13-12-26(2)3)23(30)24-19-8-6-5-7-9-19/h5-11,14-15H,4,12-13,16H2,1-3H3,(H,24,30)(H,25,28). The molecule has 3 aromatic rings. The van der Waals surface area contributed by atoms with Crippen LogP contribution in [0.15, 0.2) is 59.4 Å². The van der Waals surface area contributed by atoms with Gasteiger partial charge in [0.1, 0.15) is 5.75 Å². The molecule has 158 valence electrons. The number of fused-ring (bicyclic) bond motifs is 1. The fourth-order valence-electron chi connectivity index (χ4n) is 3.11. The highest BCUT2D eigenvalue weighted by Crippen LogP contribution is 2.20. The van der Waals surface area contributed by atoms with E-state index in [4.69, 9.17) is 17.0 Å². The number of H-pyrrole nitrogens is 1. The number of para-hydroxylation sites is 1. The fourth-order valence-corrected chi connectivity index (χ4v) is 3.38. The van der Waals surface area contributed by atoms with Crippen LogP contribution in [-0.4, -0.2) is 53.7 Å². The third-order valence-corrected chi connectivity index (χ3v) is 5.05. The number of anilines is 1. The molecule has 0 aliphatic heterocycles. The van der Waals surface area contributed by atoms with Crippen molar-refractivity contribution in [1.82, 2.24) is 14.8 Å². The monoisotopic (exact) mass is 424 g/mol. The first-order valence-corrected chi connectivity index (χ1v) is 10.4. The molecule has 0 unspecified atom stereocenters. The van der Waals surface area contributed by atoms with E-state index in [9.17, 15) is 4.79 Å². The molecule has 2 N–H and O–H groups in total. The van der Waals surface area contributed by atoms with Crippen LogP contribution in [0.1, 0.15) is 12.5 Å². The number of nitrogens with zero attached hydrogens (tertiary/aromatic N) is 2. The fraction of sp³-hybridized carbons (Fsp3) is 0.304. The normalized spacial score (nSPS) is 10.9. The van der Waals surface area contributed by atoms with Crippen molar-refractivity contribution in [2.45, 2.75) is 13.5 Å². The molecular weight excluding hydrogens is 396 g/mol. The molecule has 7 heteroatoms. The third-order valence-electron chi connectivity index (χ3n) is 4.69. The zero-order valence-corrected chi connectivity index (χ0v) is 18.5. The molecule has 0 radical (unpaired) electrons. The van der Waals surface area contributed by atoms with Crippen molar-refractivity contribution in [2.75, 3.05) is 39.1 Å². The van der Waals surface area contributed by atoms with Crippen molar-refractivity contribution in [3.63, 3.8) is 0 Å². The van der Waals surface area contributed by atoms with Gasteiger partial charge in [0.05, 0.1) is 13.2 Å². The maximum Gasteiger partial charge on any atom is 0.253 e. The highest BCUT2D eigenvalue weighted by Gasteiger charge is 2.14. The molecule has 0 aliphatic carbocycles. The lowest BCUT2D eigenvalue weighted by Gasteiger charge is -2.27. The molecule has 0 saturated heterocycles. The second-order valence-electron chi connectivity index (χ2n) is 7.33. The Morgan fingerprint density at radius 1 is 1.10 bits per heavy atom. The van der Waals surface area contributed by atoms with Gasteiger partial charge in [-0.3, -0.25) is 4.79 Å². The quantitative estimate of drug-likeness (QED) is 0.538. The minimum absolute atomic E-state index is 0.107. The first kappa shape index (κ1) is 21.8. The number of aromatic amines is 1. The minimum Gasteiger partial charge on any atom is -0.494 e. The van der Waals surface area contributed by atoms with Gasteiger partial charge in [0.15, 0.2) is 5.11 Å². The molecule has 0 spiro atoms. The summed E-state index contributed by atoms with van der Waals surface area (Å²) in [5.41, 5.74) is 2.26. The summed E-state index contributed by atoms with van der Waals surface area (Å²) in [6.07, 6.45) is 0. The number of benzene rings is 2. The molecule has 1 heterocycles. The van der Waals surface area contributed by atoms with Gasteiger partial charge in [0, 0.05) is 35.2 Å². The predicted octanol–water partition coefficient (Wildman–Crippen LogP) is 3.69. The Kier molecular flexibility index (Phi) is 7.43. The average molecular weight is 425 g/mol. The number of ether oxygens (including phenoxy) is 1. The van der Waals surface area contributed by atoms with E-state index in [0.29, 0.717) is 30.4 Å². The van der Waals surface area contributed by atoms with Crippen molar-refractivity contribution >= 4 is 33.9 Å². The molecule has 1 aromatic heterocycles. The number of pyridine rings is 1. The van der Waals surface area contributed by atoms with Crippen LogP contribution >= 0.6 is 12.2 Å². The lowest BCUT2D eigenvalue weighted by atomic mass is 10.1. The summed E-state index contributed by atoms with van der Waals surface area (Å²) >= 11 is 5.67. The lowest BCUT2D eigenvalue weighted by Crippen LogP contribution is -2.40. The van der Waals surface area contributed by atoms with E-state index in [0.717, 1.165) is 28.9 Å². The van der Waals surface area contributed by atoms with E-state index in [-0.39, 0.29) is 5.56 Å². The van der Waals surface area contributed by atoms with Gasteiger partial charge in [-0.15, -0.1) is 0 Å². The van der Waals surface area contributed by atoms with Crippen molar-refractivity contribution in [3.8, 4) is 5.75 Å². The van der Waals surface area contributed by atoms with Gasteiger partial charge in [-0.05, 0) is 69.6 Å². The Morgan fingerprint density at radius 2 is 1.87 bits per heavy atom. The molecule has 0 fully saturated rings. The number of rotatable bonds is 8. The molecule has 0 bridgehead atoms. The van der Waals surface area contributed by atoms with Gasteiger partial charge >= 0.3 is 0 Å². The molecule has 0 aliphatic rings. The Hall–Kier alpha value is -2.90. The van der Waals surface area contributed by atoms with E-state index in [1.54, 1.807) is 0 Å². The molecular formula is C23H28N4O2S. The van der Waals surface area contributed by atoms with Crippen LogP contribution in [0.3, 0.4) is 0 Å². The number of likely N-dealkylation sites (N-methyl/N-ethyl adjacent to an activating group) is 1. The topological polar surface area (TPSA) is 60.6 Å². The van der Waals surface area contributed by atoms with Gasteiger partial charge < -0.3 is 24.8 Å². The summed E-state index contributed by atoms with van der Waals surface area (Å²) in [4.78, 5) is 19.8. The summed E-state index contributed by atoms with van der Waals surface area (Å²) in [5, 5.41) is 4.80. The largest absolute Gasteiger partial charge is 0.494 e. The van der Waals surface area contributed by atoms with E-state index in [1.165, 1.54) is 0 Å². The summed E-state index contributed by atoms with van der Waals surface area (Å²) < 4.78 is 5.60. The molecule has 30 heavy (non-hydrogen) atoms. The number of aromatic nitrogens is 1. The van der Waals surface area contributed by atoms with Crippen LogP contribution in [0.2, 0.25) is 0 Å². The smallest absolute Gasteiger partial charge is 0.253 e. The predicted molar refractivity (Wildman–Crippen MR) is 127 cm³/mol. The second-order valence-corrected chi connectivity index (χ2v) is 7.71. The van der Waals surface area contributed by atoms with E-state index in [2.05, 4.69) is 15.2 Å². The Bertz CT molecular complexity index is 1050. The SMILES string of the molecule is CCOc1ccc2[nH]c(=O)c(CN(CCN(C)C)C(=S)Nc3ccccc3)cc2c1. The van der Waals surface area contributed by atoms with Crippen molar-refractivity contribution in [2.24, 2.45) is 0 Å². The van der Waals surface area contributed by atoms with Crippen molar-refractivity contribution in [3.05, 3.63) is 70.5 Å². The van der Waals surface area contributed by atoms with E-state index in [1.807, 2.05) is 80.5 Å². The summed E-state index contributed by atoms with van der Waals surface area (Å²) in [6, 6.07) is 17.4. The summed E-state index contributed by atoms with van der Waals surface area (Å²) in [5.74, 6) is 0.786. The summed E-state index contributed by atoms with van der Waals surface area (Å²) in [7, 11) is 4.04. The second kappa shape index (κ2) is 10.2. The van der Waals surface area contributed by atoms with E-state index >= 15 is 0 Å². The first-order chi connectivity index (χ1) is 14.5. The van der Waals surface area contributed by atoms with Crippen LogP contribution < -0.4 is 15.6 Å². The van der Waals surface area contributed by atoms with Crippen molar-refractivity contribution < 1.29 is 4.74 Å². The van der Waals surface area contributed by atoms with Crippen LogP contribution in [0.25, 0.3) is 10.9 Å². The summed E-state index contributed by atoms with van der Waals surface area (Å²) in [6.45, 7) is 4.47. The molecule has 0 saturated carbocycles. The Morgan fingerprint density at radius 3 is 2.57 bits per heavy atom. The van der Waals surface area contributed by atoms with Crippen LogP contribution in [0, 0.1) is 0 Å². The zero-order valence-electron chi connectivity index (χ0n) is 17.6. The van der Waals surface area contributed by atoms with Gasteiger partial charge in [0.25, 0.3) is 5.56 Å². The van der Waals surface area contributed by atoms with E-state index < -0.39 is 0 Å². The highest BCUT2D eigenvalue weighted by molar-refractivity contribution is 7.80. The number of nitrogens with one attached hydrogen (secondary N) is 2. The third kappa shape index (κ3) is 5.81. The maximum absolute atomic E-state index is 12.7. The average Bonchev–Trinajstić information content (AvgIpc) is 2.72. The molecule has 0 atom stereocenters. The zero-order chi connectivity index (χ0) is 21.5. The van der Waals surface area contributed by atoms with Crippen molar-refractivity contribution in [1.29, 1.82) is 0 Å². The minimum atomic E-state index is -0.107. The Balaban J connectivity index is 1.86. The van der Waals surface area contributed by atoms with Gasteiger partial charge in [0.2, 0.25) is 0 Å². The first-order valence-electron chi connectivity index (χ1n) is 10.0. The molecule has 0 amide bonds. The molecule has 6 nitrogen and oxygen atoms in total. The number of thiocarbonyl (C=S) groups is 1. The van der Waals surface area contributed by atoms with Gasteiger partial charge in [-0.25, -0.2) is 0 Å². The number of hydrogen-bond acceptors (Lipinski definition) is 4. The molecule has 3 rings (SSSR count). The van der Waals surface area contributed by atoms with Crippen LogP contribution in [0.5, 0.6) is 5.75 Å². The van der Waals surface area contributed by atoms with Crippen LogP contribution in [-0.2, 0) is 6.54 Å². The number of hydrogen-bond donors (Lipinski definition) is 2. The van der Waals surface area contributed by atoms with Gasteiger partial charge in [-0.2, -0.15) is 0 Å². The van der Waals surface area contributed by atoms with Gasteiger partial charge in [-0.1, -0.05) is 18.2 Å².